The van der Waals surface area contributed by atoms with Crippen LogP contribution >= 0.6 is 46.4 Å². The molecule has 2 atom stereocenters. The molecule has 2 N–H and O–H groups in total. The van der Waals surface area contributed by atoms with Gasteiger partial charge in [-0.1, -0.05) is 79.3 Å². The van der Waals surface area contributed by atoms with Crippen molar-refractivity contribution in [3.8, 4) is 0 Å². The molecule has 6 nitrogen and oxygen atoms in total. The maximum Gasteiger partial charge on any atom is 0.408 e. The Hall–Kier alpha value is -0.703. The largest absolute Gasteiger partial charge is 0.480 e. The first-order chi connectivity index (χ1) is 13.0. The lowest BCUT2D eigenvalue weighted by Crippen LogP contribution is -2.51. The van der Waals surface area contributed by atoms with Crippen molar-refractivity contribution >= 4 is 66.8 Å². The highest BCUT2D eigenvalue weighted by Gasteiger charge is 2.43. The SMILES string of the molecule is CC(C)(C)[Si](C)(C)O[C@H](c1ccc(Cl)cc1)[C@@H](NC(=O)OCC(Cl)(Cl)Cl)C(=O)O. The minimum atomic E-state index is -2.42. The maximum atomic E-state index is 12.1. The van der Waals surface area contributed by atoms with E-state index in [9.17, 15) is 14.7 Å². The Bertz CT molecular complexity index is 716. The van der Waals surface area contributed by atoms with Gasteiger partial charge in [-0.3, -0.25) is 0 Å². The van der Waals surface area contributed by atoms with Gasteiger partial charge in [-0.25, -0.2) is 9.59 Å². The summed E-state index contributed by atoms with van der Waals surface area (Å²) in [5.74, 6) is -1.30. The average molecular weight is 505 g/mol. The zero-order valence-electron chi connectivity index (χ0n) is 16.8. The topological polar surface area (TPSA) is 84.9 Å². The lowest BCUT2D eigenvalue weighted by molar-refractivity contribution is -0.142. The van der Waals surface area contributed by atoms with Crippen LogP contribution in [-0.2, 0) is 14.0 Å². The average Bonchev–Trinajstić information content (AvgIpc) is 2.55. The Morgan fingerprint density at radius 3 is 2.07 bits per heavy atom. The number of alkyl carbamates (subject to hydrolysis) is 1. The lowest BCUT2D eigenvalue weighted by atomic mass is 10.0. The summed E-state index contributed by atoms with van der Waals surface area (Å²) in [6, 6.07) is 5.13. The summed E-state index contributed by atoms with van der Waals surface area (Å²) < 4.78 is 9.36. The van der Waals surface area contributed by atoms with Gasteiger partial charge in [0.25, 0.3) is 0 Å². The van der Waals surface area contributed by atoms with Gasteiger partial charge < -0.3 is 19.6 Å². The van der Waals surface area contributed by atoms with Crippen LogP contribution in [0.2, 0.25) is 23.2 Å². The van der Waals surface area contributed by atoms with Gasteiger partial charge in [0, 0.05) is 5.02 Å². The van der Waals surface area contributed by atoms with Crippen LogP contribution in [0.15, 0.2) is 24.3 Å². The van der Waals surface area contributed by atoms with Crippen LogP contribution in [-0.4, -0.2) is 41.9 Å². The Balaban J connectivity index is 3.23. The number of hydrogen-bond donors (Lipinski definition) is 2. The van der Waals surface area contributed by atoms with Crippen molar-refractivity contribution in [1.29, 1.82) is 0 Å². The van der Waals surface area contributed by atoms with Crippen molar-refractivity contribution in [3.05, 3.63) is 34.9 Å². The van der Waals surface area contributed by atoms with Crippen molar-refractivity contribution < 1.29 is 23.9 Å². The van der Waals surface area contributed by atoms with E-state index in [4.69, 9.17) is 55.6 Å². The number of halogens is 4. The Labute approximate surface area is 191 Å². The number of carbonyl (C=O) groups is 2. The zero-order valence-corrected chi connectivity index (χ0v) is 20.8. The molecule has 29 heavy (non-hydrogen) atoms. The molecule has 1 amide bonds. The summed E-state index contributed by atoms with van der Waals surface area (Å²) in [6.07, 6.45) is -2.02. The molecule has 0 aliphatic carbocycles. The lowest BCUT2D eigenvalue weighted by Gasteiger charge is -2.40. The van der Waals surface area contributed by atoms with Crippen LogP contribution in [0.3, 0.4) is 0 Å². The van der Waals surface area contributed by atoms with Gasteiger partial charge in [-0.05, 0) is 35.8 Å². The fourth-order valence-electron chi connectivity index (χ4n) is 2.06. The van der Waals surface area contributed by atoms with Crippen LogP contribution < -0.4 is 5.32 Å². The van der Waals surface area contributed by atoms with E-state index in [2.05, 4.69) is 5.32 Å². The van der Waals surface area contributed by atoms with Crippen molar-refractivity contribution in [2.45, 2.75) is 54.8 Å². The van der Waals surface area contributed by atoms with E-state index in [1.54, 1.807) is 24.3 Å². The quantitative estimate of drug-likeness (QED) is 0.353. The molecule has 0 unspecified atom stereocenters. The van der Waals surface area contributed by atoms with E-state index in [0.717, 1.165) is 0 Å². The minimum absolute atomic E-state index is 0.198. The minimum Gasteiger partial charge on any atom is -0.480 e. The molecule has 0 spiro atoms. The van der Waals surface area contributed by atoms with Gasteiger partial charge in [0.05, 0.1) is 0 Å². The summed E-state index contributed by atoms with van der Waals surface area (Å²) in [5.41, 5.74) is 0.549. The number of carbonyl (C=O) groups excluding carboxylic acids is 1. The Morgan fingerprint density at radius 1 is 1.14 bits per heavy atom. The maximum absolute atomic E-state index is 12.1. The Morgan fingerprint density at radius 2 is 1.66 bits per heavy atom. The molecule has 11 heteroatoms. The molecule has 0 saturated carbocycles. The third-order valence-electron chi connectivity index (χ3n) is 4.64. The van der Waals surface area contributed by atoms with Crippen molar-refractivity contribution in [1.82, 2.24) is 5.32 Å². The molecule has 1 aromatic rings. The smallest absolute Gasteiger partial charge is 0.408 e. The van der Waals surface area contributed by atoms with E-state index >= 15 is 0 Å². The number of nitrogens with one attached hydrogen (secondary N) is 1. The highest BCUT2D eigenvalue weighted by Crippen LogP contribution is 2.40. The second-order valence-electron chi connectivity index (χ2n) is 8.00. The van der Waals surface area contributed by atoms with E-state index < -0.39 is 42.9 Å². The number of benzene rings is 1. The molecule has 0 aliphatic rings. The molecule has 0 bridgehead atoms. The highest BCUT2D eigenvalue weighted by molar-refractivity contribution is 6.74. The van der Waals surface area contributed by atoms with Crippen LogP contribution in [0.4, 0.5) is 4.79 Å². The van der Waals surface area contributed by atoms with Crippen molar-refractivity contribution in [2.75, 3.05) is 6.61 Å². The standard InChI is InChI=1S/C18H25Cl4NO5Si/c1-17(2,3)29(4,5)28-14(11-6-8-12(19)9-7-11)13(15(24)25)23-16(26)27-10-18(20,21)22/h6-9,13-14H,10H2,1-5H3,(H,23,26)(H,24,25)/t13-,14-/m1/s1. The molecule has 0 fully saturated rings. The third kappa shape index (κ3) is 8.51. The summed E-state index contributed by atoms with van der Waals surface area (Å²) in [5, 5.41) is 12.4. The van der Waals surface area contributed by atoms with E-state index in [-0.39, 0.29) is 5.04 Å². The third-order valence-corrected chi connectivity index (χ3v) is 9.67. The second kappa shape index (κ2) is 10.1. The fraction of sp³-hybridized carbons (Fsp3) is 0.556. The molecule has 1 rings (SSSR count). The number of alkyl halides is 3. The highest BCUT2D eigenvalue weighted by atomic mass is 35.6. The summed E-state index contributed by atoms with van der Waals surface area (Å²) in [6.45, 7) is 9.50. The van der Waals surface area contributed by atoms with Crippen molar-refractivity contribution in [2.24, 2.45) is 0 Å². The first kappa shape index (κ1) is 26.3. The normalized spacial score (nSPS) is 14.8. The molecule has 0 saturated heterocycles. The fourth-order valence-corrected chi connectivity index (χ4v) is 3.61. The summed E-state index contributed by atoms with van der Waals surface area (Å²) in [7, 11) is -2.42. The number of hydrogen-bond acceptors (Lipinski definition) is 4. The van der Waals surface area contributed by atoms with Crippen molar-refractivity contribution in [3.63, 3.8) is 0 Å². The van der Waals surface area contributed by atoms with Crippen LogP contribution in [0.5, 0.6) is 0 Å². The predicted octanol–water partition coefficient (Wildman–Crippen LogP) is 5.95. The van der Waals surface area contributed by atoms with E-state index in [1.807, 2.05) is 33.9 Å². The second-order valence-corrected chi connectivity index (χ2v) is 15.7. The number of carboxylic acid groups (broad SMARTS) is 1. The monoisotopic (exact) mass is 503 g/mol. The molecular formula is C18H25Cl4NO5Si. The predicted molar refractivity (Wildman–Crippen MR) is 119 cm³/mol. The molecule has 1 aromatic carbocycles. The van der Waals surface area contributed by atoms with Crippen LogP contribution in [0.1, 0.15) is 32.4 Å². The summed E-state index contributed by atoms with van der Waals surface area (Å²) in [4.78, 5) is 24.1. The van der Waals surface area contributed by atoms with Gasteiger partial charge >= 0.3 is 12.1 Å². The zero-order chi connectivity index (χ0) is 22.6. The molecule has 0 radical (unpaired) electrons. The number of ether oxygens (including phenoxy) is 1. The van der Waals surface area contributed by atoms with Crippen LogP contribution in [0.25, 0.3) is 0 Å². The van der Waals surface area contributed by atoms with Gasteiger partial charge in [0.1, 0.15) is 12.7 Å². The van der Waals surface area contributed by atoms with Gasteiger partial charge in [0.2, 0.25) is 3.79 Å². The number of carboxylic acids is 1. The summed E-state index contributed by atoms with van der Waals surface area (Å²) >= 11 is 22.7. The number of amides is 1. The molecule has 0 heterocycles. The molecular weight excluding hydrogens is 480 g/mol. The van der Waals surface area contributed by atoms with Gasteiger partial charge in [-0.2, -0.15) is 0 Å². The molecule has 0 aliphatic heterocycles. The van der Waals surface area contributed by atoms with E-state index in [1.165, 1.54) is 0 Å². The molecule has 0 aromatic heterocycles. The first-order valence-corrected chi connectivity index (χ1v) is 13.1. The number of rotatable bonds is 7. The van der Waals surface area contributed by atoms with E-state index in [0.29, 0.717) is 10.6 Å². The molecule has 164 valence electrons. The first-order valence-electron chi connectivity index (χ1n) is 8.69. The number of aliphatic carboxylic acids is 1. The Kier molecular flexibility index (Phi) is 9.14. The van der Waals surface area contributed by atoms with Crippen LogP contribution in [0, 0.1) is 0 Å². The van der Waals surface area contributed by atoms with Gasteiger partial charge in [0.15, 0.2) is 14.4 Å². The van der Waals surface area contributed by atoms with Gasteiger partial charge in [-0.15, -0.1) is 0 Å².